The Morgan fingerprint density at radius 3 is 2.45 bits per heavy atom. The van der Waals surface area contributed by atoms with Crippen molar-refractivity contribution in [2.45, 2.75) is 31.2 Å². The maximum Gasteiger partial charge on any atom is 0.338 e. The molecule has 110 valence electrons. The summed E-state index contributed by atoms with van der Waals surface area (Å²) in [7, 11) is -1.73. The molecule has 5 nitrogen and oxygen atoms in total. The Bertz CT molecular complexity index is 566. The molecular formula is C13H16FNO4S. The van der Waals surface area contributed by atoms with Gasteiger partial charge in [-0.1, -0.05) is 0 Å². The molecule has 0 aliphatic heterocycles. The van der Waals surface area contributed by atoms with Crippen molar-refractivity contribution in [3.63, 3.8) is 0 Å². The molecule has 1 amide bonds. The lowest BCUT2D eigenvalue weighted by molar-refractivity contribution is -0.119. The molecule has 0 aromatic heterocycles. The molecule has 0 heterocycles. The number of aromatic carboxylic acids is 1. The summed E-state index contributed by atoms with van der Waals surface area (Å²) < 4.78 is 25.2. The number of carbonyl (C=O) groups is 2. The van der Waals surface area contributed by atoms with Crippen LogP contribution in [0.1, 0.15) is 31.1 Å². The van der Waals surface area contributed by atoms with Gasteiger partial charge in [-0.05, 0) is 39.0 Å². The van der Waals surface area contributed by atoms with Crippen LogP contribution in [-0.2, 0) is 15.6 Å². The summed E-state index contributed by atoms with van der Waals surface area (Å²) in [5, 5.41) is 11.4. The average Bonchev–Trinajstić information content (AvgIpc) is 2.26. The summed E-state index contributed by atoms with van der Waals surface area (Å²) in [5.41, 5.74) is -1.01. The summed E-state index contributed by atoms with van der Waals surface area (Å²) in [6.45, 7) is 5.36. The van der Waals surface area contributed by atoms with Crippen molar-refractivity contribution in [2.24, 2.45) is 0 Å². The molecule has 1 atom stereocenters. The first-order valence-electron chi connectivity index (χ1n) is 5.82. The number of carbonyl (C=O) groups excluding carboxylic acids is 1. The van der Waals surface area contributed by atoms with Gasteiger partial charge in [0.1, 0.15) is 11.6 Å². The summed E-state index contributed by atoms with van der Waals surface area (Å²) in [4.78, 5) is 22.5. The second-order valence-corrected chi connectivity index (χ2v) is 6.69. The number of rotatable bonds is 4. The summed E-state index contributed by atoms with van der Waals surface area (Å²) >= 11 is 0. The van der Waals surface area contributed by atoms with Crippen LogP contribution in [-0.4, -0.2) is 32.5 Å². The van der Waals surface area contributed by atoms with Crippen molar-refractivity contribution in [1.29, 1.82) is 0 Å². The van der Waals surface area contributed by atoms with E-state index in [4.69, 9.17) is 5.11 Å². The van der Waals surface area contributed by atoms with Crippen LogP contribution < -0.4 is 5.32 Å². The van der Waals surface area contributed by atoms with Crippen LogP contribution in [0.5, 0.6) is 0 Å². The molecule has 1 rings (SSSR count). The Labute approximate surface area is 118 Å². The third kappa shape index (κ3) is 4.73. The number of amides is 1. The molecule has 0 spiro atoms. The van der Waals surface area contributed by atoms with Crippen LogP contribution in [0.3, 0.4) is 0 Å². The number of hydrogen-bond acceptors (Lipinski definition) is 3. The first kappa shape index (κ1) is 16.3. The molecule has 0 radical (unpaired) electrons. The highest BCUT2D eigenvalue weighted by Gasteiger charge is 2.18. The summed E-state index contributed by atoms with van der Waals surface area (Å²) in [6.07, 6.45) is 0. The van der Waals surface area contributed by atoms with Gasteiger partial charge in [-0.25, -0.2) is 9.18 Å². The van der Waals surface area contributed by atoms with Gasteiger partial charge in [0.05, 0.1) is 16.4 Å². The Balaban J connectivity index is 2.86. The maximum absolute atomic E-state index is 13.2. The van der Waals surface area contributed by atoms with Crippen molar-refractivity contribution in [3.8, 4) is 0 Å². The topological polar surface area (TPSA) is 83.5 Å². The minimum Gasteiger partial charge on any atom is -0.478 e. The van der Waals surface area contributed by atoms with E-state index in [0.29, 0.717) is 0 Å². The minimum atomic E-state index is -1.73. The zero-order valence-electron chi connectivity index (χ0n) is 11.4. The van der Waals surface area contributed by atoms with Crippen LogP contribution in [0.25, 0.3) is 0 Å². The lowest BCUT2D eigenvalue weighted by Gasteiger charge is -2.20. The lowest BCUT2D eigenvalue weighted by atomic mass is 10.1. The van der Waals surface area contributed by atoms with E-state index in [-0.39, 0.29) is 10.6 Å². The second-order valence-electron chi connectivity index (χ2n) is 5.23. The molecule has 0 bridgehead atoms. The van der Waals surface area contributed by atoms with Gasteiger partial charge in [-0.2, -0.15) is 0 Å². The highest BCUT2D eigenvalue weighted by Crippen LogP contribution is 2.14. The normalized spacial score (nSPS) is 12.8. The van der Waals surface area contributed by atoms with Gasteiger partial charge >= 0.3 is 5.97 Å². The summed E-state index contributed by atoms with van der Waals surface area (Å²) in [5.74, 6) is -3.07. The molecule has 1 unspecified atom stereocenters. The van der Waals surface area contributed by atoms with Gasteiger partial charge in [-0.3, -0.25) is 9.00 Å². The van der Waals surface area contributed by atoms with Crippen molar-refractivity contribution in [2.75, 3.05) is 5.75 Å². The van der Waals surface area contributed by atoms with Crippen LogP contribution in [0.4, 0.5) is 4.39 Å². The third-order valence-electron chi connectivity index (χ3n) is 2.21. The number of halogens is 1. The Kier molecular flexibility index (Phi) is 4.99. The lowest BCUT2D eigenvalue weighted by Crippen LogP contribution is -2.42. The minimum absolute atomic E-state index is 0.104. The van der Waals surface area contributed by atoms with E-state index in [1.807, 2.05) is 0 Å². The van der Waals surface area contributed by atoms with E-state index in [2.05, 4.69) is 5.32 Å². The zero-order chi connectivity index (χ0) is 15.5. The first-order chi connectivity index (χ1) is 9.10. The smallest absolute Gasteiger partial charge is 0.338 e. The molecule has 0 aliphatic carbocycles. The van der Waals surface area contributed by atoms with E-state index in [9.17, 15) is 18.2 Å². The molecule has 2 N–H and O–H groups in total. The van der Waals surface area contributed by atoms with E-state index in [0.717, 1.165) is 12.1 Å². The predicted octanol–water partition coefficient (Wildman–Crippen LogP) is 1.55. The van der Waals surface area contributed by atoms with Crippen LogP contribution in [0.2, 0.25) is 0 Å². The van der Waals surface area contributed by atoms with E-state index in [1.54, 1.807) is 20.8 Å². The Morgan fingerprint density at radius 1 is 1.35 bits per heavy atom. The van der Waals surface area contributed by atoms with Crippen LogP contribution in [0.15, 0.2) is 23.1 Å². The average molecular weight is 301 g/mol. The highest BCUT2D eigenvalue weighted by molar-refractivity contribution is 7.85. The quantitative estimate of drug-likeness (QED) is 0.883. The van der Waals surface area contributed by atoms with Gasteiger partial charge < -0.3 is 10.4 Å². The number of benzene rings is 1. The Morgan fingerprint density at radius 2 is 1.95 bits per heavy atom. The zero-order valence-corrected chi connectivity index (χ0v) is 12.2. The van der Waals surface area contributed by atoms with Crippen molar-refractivity contribution in [1.82, 2.24) is 5.32 Å². The molecule has 0 saturated heterocycles. The first-order valence-corrected chi connectivity index (χ1v) is 7.14. The van der Waals surface area contributed by atoms with Gasteiger partial charge in [0.2, 0.25) is 5.91 Å². The second kappa shape index (κ2) is 6.13. The summed E-state index contributed by atoms with van der Waals surface area (Å²) in [6, 6.07) is 3.12. The fraction of sp³-hybridized carbons (Fsp3) is 0.385. The molecule has 0 saturated carbocycles. The van der Waals surface area contributed by atoms with E-state index in [1.165, 1.54) is 6.07 Å². The van der Waals surface area contributed by atoms with Crippen LogP contribution in [0, 0.1) is 5.82 Å². The number of carboxylic acid groups (broad SMARTS) is 1. The molecule has 0 fully saturated rings. The fourth-order valence-corrected chi connectivity index (χ4v) is 2.41. The number of hydrogen-bond donors (Lipinski definition) is 2. The van der Waals surface area contributed by atoms with Crippen molar-refractivity contribution >= 4 is 22.7 Å². The standard InChI is InChI=1S/C13H16FNO4S/c1-13(2,3)15-11(16)7-20(19)8-4-5-10(14)9(6-8)12(17)18/h4-6H,7H2,1-3H3,(H,15,16)(H,17,18). The largest absolute Gasteiger partial charge is 0.478 e. The Hall–Kier alpha value is -1.76. The van der Waals surface area contributed by atoms with E-state index < -0.39 is 39.6 Å². The number of nitrogens with one attached hydrogen (secondary N) is 1. The molecule has 0 aliphatic rings. The predicted molar refractivity (Wildman–Crippen MR) is 72.5 cm³/mol. The van der Waals surface area contributed by atoms with Gasteiger partial charge in [0.25, 0.3) is 0 Å². The molecule has 7 heteroatoms. The van der Waals surface area contributed by atoms with Gasteiger partial charge in [0, 0.05) is 10.4 Å². The molecule has 1 aromatic carbocycles. The monoisotopic (exact) mass is 301 g/mol. The fourth-order valence-electron chi connectivity index (χ4n) is 1.47. The van der Waals surface area contributed by atoms with E-state index >= 15 is 0 Å². The molecular weight excluding hydrogens is 285 g/mol. The van der Waals surface area contributed by atoms with Gasteiger partial charge in [0.15, 0.2) is 0 Å². The number of carboxylic acids is 1. The van der Waals surface area contributed by atoms with Crippen molar-refractivity contribution in [3.05, 3.63) is 29.6 Å². The highest BCUT2D eigenvalue weighted by atomic mass is 32.2. The van der Waals surface area contributed by atoms with Gasteiger partial charge in [-0.15, -0.1) is 0 Å². The maximum atomic E-state index is 13.2. The van der Waals surface area contributed by atoms with Crippen LogP contribution >= 0.6 is 0 Å². The third-order valence-corrected chi connectivity index (χ3v) is 3.51. The molecule has 20 heavy (non-hydrogen) atoms. The van der Waals surface area contributed by atoms with Crippen molar-refractivity contribution < 1.29 is 23.3 Å². The molecule has 1 aromatic rings. The SMILES string of the molecule is CC(C)(C)NC(=O)CS(=O)c1ccc(F)c(C(=O)O)c1.